The highest BCUT2D eigenvalue weighted by atomic mass is 32.2. The van der Waals surface area contributed by atoms with E-state index in [0.29, 0.717) is 12.0 Å². The van der Waals surface area contributed by atoms with E-state index in [0.717, 1.165) is 16.6 Å². The molecule has 0 spiro atoms. The topological polar surface area (TPSA) is 43.6 Å². The van der Waals surface area contributed by atoms with Gasteiger partial charge in [0.25, 0.3) is 0 Å². The van der Waals surface area contributed by atoms with Gasteiger partial charge in [-0.25, -0.2) is 0 Å². The fraction of sp³-hybridized carbons (Fsp3) is 0.500. The van der Waals surface area contributed by atoms with E-state index in [1.807, 2.05) is 18.3 Å². The highest BCUT2D eigenvalue weighted by Gasteiger charge is 2.36. The monoisotopic (exact) mass is 272 g/mol. The molecule has 0 atom stereocenters. The van der Waals surface area contributed by atoms with Crippen molar-refractivity contribution in [3.63, 3.8) is 0 Å². The summed E-state index contributed by atoms with van der Waals surface area (Å²) in [6.07, 6.45) is 6.99. The molecule has 2 heterocycles. The normalized spacial score (nSPS) is 18.7. The lowest BCUT2D eigenvalue weighted by Crippen LogP contribution is -2.02. The molecule has 0 radical (unpaired) electrons. The Labute approximate surface area is 116 Å². The molecular weight excluding hydrogens is 256 g/mol. The van der Waals surface area contributed by atoms with E-state index in [1.54, 1.807) is 11.8 Å². The van der Waals surface area contributed by atoms with Crippen LogP contribution in [0.4, 0.5) is 0 Å². The van der Waals surface area contributed by atoms with Crippen molar-refractivity contribution in [1.29, 1.82) is 0 Å². The first kappa shape index (κ1) is 11.5. The molecule has 0 aromatic carbocycles. The van der Waals surface area contributed by atoms with Crippen molar-refractivity contribution in [3.05, 3.63) is 35.9 Å². The minimum atomic E-state index is 0.664. The van der Waals surface area contributed by atoms with Gasteiger partial charge in [-0.15, -0.1) is 10.2 Å². The van der Waals surface area contributed by atoms with Crippen LogP contribution >= 0.6 is 11.8 Å². The van der Waals surface area contributed by atoms with Crippen molar-refractivity contribution in [1.82, 2.24) is 19.7 Å². The highest BCUT2D eigenvalue weighted by Crippen LogP contribution is 2.46. The van der Waals surface area contributed by atoms with Crippen molar-refractivity contribution in [2.75, 3.05) is 0 Å². The van der Waals surface area contributed by atoms with E-state index in [9.17, 15) is 0 Å². The fourth-order valence-corrected chi connectivity index (χ4v) is 3.23. The van der Waals surface area contributed by atoms with Crippen LogP contribution in [0.25, 0.3) is 0 Å². The average Bonchev–Trinajstić information content (AvgIpc) is 3.36. The van der Waals surface area contributed by atoms with E-state index in [-0.39, 0.29) is 0 Å². The lowest BCUT2D eigenvalue weighted by molar-refractivity contribution is 0.627. The lowest BCUT2D eigenvalue weighted by atomic mass is 10.4. The Kier molecular flexibility index (Phi) is 2.80. The van der Waals surface area contributed by atoms with Gasteiger partial charge in [-0.05, 0) is 37.8 Å². The maximum atomic E-state index is 4.42. The standard InChI is InChI=1S/C14H16N4S/c1-2-8-15-11(3-1)9-19-14-17-16-13(10-4-5-10)18(14)12-6-7-12/h1-3,8,10,12H,4-7,9H2. The van der Waals surface area contributed by atoms with Crippen molar-refractivity contribution >= 4 is 11.8 Å². The number of aromatic nitrogens is 4. The second-order valence-corrected chi connectivity index (χ2v) is 6.27. The minimum absolute atomic E-state index is 0.664. The molecule has 98 valence electrons. The van der Waals surface area contributed by atoms with Crippen molar-refractivity contribution in [2.45, 2.75) is 48.6 Å². The predicted molar refractivity (Wildman–Crippen MR) is 74.1 cm³/mol. The first-order valence-corrected chi connectivity index (χ1v) is 7.88. The van der Waals surface area contributed by atoms with Crippen LogP contribution in [-0.2, 0) is 5.75 Å². The second kappa shape index (κ2) is 4.63. The van der Waals surface area contributed by atoms with Crippen LogP contribution < -0.4 is 0 Å². The summed E-state index contributed by atoms with van der Waals surface area (Å²) in [4.78, 5) is 4.36. The molecule has 2 fully saturated rings. The number of rotatable bonds is 5. The zero-order valence-corrected chi connectivity index (χ0v) is 11.5. The van der Waals surface area contributed by atoms with Crippen molar-refractivity contribution in [2.24, 2.45) is 0 Å². The van der Waals surface area contributed by atoms with Crippen molar-refractivity contribution in [3.8, 4) is 0 Å². The molecule has 0 amide bonds. The second-order valence-electron chi connectivity index (χ2n) is 5.33. The van der Waals surface area contributed by atoms with Gasteiger partial charge in [0, 0.05) is 23.9 Å². The summed E-state index contributed by atoms with van der Waals surface area (Å²) in [6, 6.07) is 6.71. The van der Waals surface area contributed by atoms with E-state index in [1.165, 1.54) is 31.5 Å². The van der Waals surface area contributed by atoms with Gasteiger partial charge < -0.3 is 4.57 Å². The van der Waals surface area contributed by atoms with Gasteiger partial charge in [-0.2, -0.15) is 0 Å². The van der Waals surface area contributed by atoms with Crippen LogP contribution in [0.2, 0.25) is 0 Å². The van der Waals surface area contributed by atoms with E-state index < -0.39 is 0 Å². The van der Waals surface area contributed by atoms with Gasteiger partial charge in [0.1, 0.15) is 5.82 Å². The molecule has 4 rings (SSSR count). The minimum Gasteiger partial charge on any atom is -0.303 e. The third-order valence-electron chi connectivity index (χ3n) is 3.62. The molecule has 2 aliphatic rings. The number of hydrogen-bond donors (Lipinski definition) is 0. The smallest absolute Gasteiger partial charge is 0.191 e. The number of thioether (sulfide) groups is 1. The lowest BCUT2D eigenvalue weighted by Gasteiger charge is -2.07. The maximum Gasteiger partial charge on any atom is 0.191 e. The highest BCUT2D eigenvalue weighted by molar-refractivity contribution is 7.98. The van der Waals surface area contributed by atoms with Crippen LogP contribution in [0.5, 0.6) is 0 Å². The molecule has 4 nitrogen and oxygen atoms in total. The molecule has 0 unspecified atom stereocenters. The molecule has 2 aromatic rings. The molecule has 2 aliphatic carbocycles. The third-order valence-corrected chi connectivity index (χ3v) is 4.60. The van der Waals surface area contributed by atoms with E-state index in [4.69, 9.17) is 0 Å². The molecule has 2 saturated carbocycles. The Balaban J connectivity index is 1.54. The predicted octanol–water partition coefficient (Wildman–Crippen LogP) is 3.18. The summed E-state index contributed by atoms with van der Waals surface area (Å²) in [6.45, 7) is 0. The summed E-state index contributed by atoms with van der Waals surface area (Å²) >= 11 is 1.76. The van der Waals surface area contributed by atoms with Crippen molar-refractivity contribution < 1.29 is 0 Å². The van der Waals surface area contributed by atoms with Gasteiger partial charge >= 0.3 is 0 Å². The zero-order chi connectivity index (χ0) is 12.7. The first-order chi connectivity index (χ1) is 9.42. The largest absolute Gasteiger partial charge is 0.303 e. The molecule has 0 bridgehead atoms. The summed E-state index contributed by atoms with van der Waals surface area (Å²) < 4.78 is 2.39. The van der Waals surface area contributed by atoms with Crippen LogP contribution in [0.15, 0.2) is 29.6 Å². The first-order valence-electron chi connectivity index (χ1n) is 6.89. The Morgan fingerprint density at radius 2 is 2.05 bits per heavy atom. The Morgan fingerprint density at radius 3 is 2.74 bits per heavy atom. The molecule has 0 N–H and O–H groups in total. The summed E-state index contributed by atoms with van der Waals surface area (Å²) in [7, 11) is 0. The summed E-state index contributed by atoms with van der Waals surface area (Å²) in [5, 5.41) is 9.90. The Bertz CT molecular complexity index is 572. The SMILES string of the molecule is c1ccc(CSc2nnc(C3CC3)n2C2CC2)nc1. The van der Waals surface area contributed by atoms with Gasteiger partial charge in [-0.1, -0.05) is 17.8 Å². The third kappa shape index (κ3) is 2.39. The number of pyridine rings is 1. The quantitative estimate of drug-likeness (QED) is 0.784. The van der Waals surface area contributed by atoms with Crippen LogP contribution in [-0.4, -0.2) is 19.7 Å². The van der Waals surface area contributed by atoms with Gasteiger partial charge in [0.05, 0.1) is 5.69 Å². The molecule has 2 aromatic heterocycles. The van der Waals surface area contributed by atoms with Crippen LogP contribution in [0.3, 0.4) is 0 Å². The van der Waals surface area contributed by atoms with Gasteiger partial charge in [0.2, 0.25) is 0 Å². The summed E-state index contributed by atoms with van der Waals surface area (Å²) in [5.74, 6) is 2.78. The van der Waals surface area contributed by atoms with Gasteiger partial charge in [0.15, 0.2) is 5.16 Å². The Morgan fingerprint density at radius 1 is 1.16 bits per heavy atom. The van der Waals surface area contributed by atoms with Crippen LogP contribution in [0, 0.1) is 0 Å². The van der Waals surface area contributed by atoms with Crippen LogP contribution in [0.1, 0.15) is 49.2 Å². The average molecular weight is 272 g/mol. The molecule has 0 saturated heterocycles. The fourth-order valence-electron chi connectivity index (χ4n) is 2.30. The molecule has 0 aliphatic heterocycles. The zero-order valence-electron chi connectivity index (χ0n) is 10.7. The summed E-state index contributed by atoms with van der Waals surface area (Å²) in [5.41, 5.74) is 1.10. The Hall–Kier alpha value is -1.36. The maximum absolute atomic E-state index is 4.42. The molecule has 5 heteroatoms. The van der Waals surface area contributed by atoms with Gasteiger partial charge in [-0.3, -0.25) is 4.98 Å². The molecular formula is C14H16N4S. The molecule has 19 heavy (non-hydrogen) atoms. The van der Waals surface area contributed by atoms with E-state index >= 15 is 0 Å². The number of hydrogen-bond acceptors (Lipinski definition) is 4. The van der Waals surface area contributed by atoms with E-state index in [2.05, 4.69) is 25.8 Å². The number of nitrogens with zero attached hydrogens (tertiary/aromatic N) is 4.